The molecular weight excluding hydrogens is 284 g/mol. The fourth-order valence-corrected chi connectivity index (χ4v) is 3.68. The number of carbonyl (C=O) groups excluding carboxylic acids is 2. The lowest BCUT2D eigenvalue weighted by molar-refractivity contribution is -0.128. The number of nitriles is 1. The molecule has 2 saturated heterocycles. The molecule has 1 N–H and O–H groups in total. The van der Waals surface area contributed by atoms with Crippen molar-refractivity contribution in [3.05, 3.63) is 42.0 Å². The van der Waals surface area contributed by atoms with Gasteiger partial charge in [-0.2, -0.15) is 5.26 Å². The normalized spacial score (nSPS) is 35.1. The van der Waals surface area contributed by atoms with Crippen molar-refractivity contribution < 1.29 is 19.4 Å². The molecule has 1 aromatic carbocycles. The van der Waals surface area contributed by atoms with Crippen LogP contribution in [-0.4, -0.2) is 35.2 Å². The van der Waals surface area contributed by atoms with E-state index in [9.17, 15) is 20.0 Å². The molecule has 4 rings (SSSR count). The first-order chi connectivity index (χ1) is 10.6. The number of aliphatic hydroxyl groups excluding tert-OH is 1. The Hall–Kier alpha value is -2.49. The summed E-state index contributed by atoms with van der Waals surface area (Å²) < 4.78 is 5.66. The van der Waals surface area contributed by atoms with Crippen molar-refractivity contribution in [2.45, 2.75) is 11.7 Å². The molecular formula is C16H12N2O4. The van der Waals surface area contributed by atoms with Crippen LogP contribution in [0.15, 0.2) is 36.4 Å². The number of imide groups is 1. The Morgan fingerprint density at radius 2 is 2.09 bits per heavy atom. The third-order valence-corrected chi connectivity index (χ3v) is 4.67. The summed E-state index contributed by atoms with van der Waals surface area (Å²) in [5.74, 6) is -2.15. The first-order valence-electron chi connectivity index (χ1n) is 6.98. The molecule has 3 aliphatic heterocycles. The van der Waals surface area contributed by atoms with E-state index in [-0.39, 0.29) is 18.1 Å². The topological polar surface area (TPSA) is 90.6 Å². The van der Waals surface area contributed by atoms with Gasteiger partial charge in [0.05, 0.1) is 35.8 Å². The van der Waals surface area contributed by atoms with Gasteiger partial charge in [-0.3, -0.25) is 9.59 Å². The van der Waals surface area contributed by atoms with Crippen LogP contribution in [0.25, 0.3) is 0 Å². The fraction of sp³-hybridized carbons (Fsp3) is 0.312. The SMILES string of the molecule is N#Cc1ccccc1N1C(=O)[C@H]2[C@@H]3C=C[C@](CO)(O3)[C@H]2C1=O. The summed E-state index contributed by atoms with van der Waals surface area (Å²) in [5.41, 5.74) is -0.552. The molecule has 6 heteroatoms. The zero-order valence-electron chi connectivity index (χ0n) is 11.5. The van der Waals surface area contributed by atoms with E-state index < -0.39 is 29.4 Å². The summed E-state index contributed by atoms with van der Waals surface area (Å²) in [6, 6.07) is 8.50. The molecule has 0 aliphatic carbocycles. The Bertz CT molecular complexity index is 766. The van der Waals surface area contributed by atoms with Crippen molar-refractivity contribution in [1.82, 2.24) is 0 Å². The molecule has 22 heavy (non-hydrogen) atoms. The maximum absolute atomic E-state index is 12.8. The van der Waals surface area contributed by atoms with Crippen molar-refractivity contribution in [1.29, 1.82) is 5.26 Å². The van der Waals surface area contributed by atoms with Crippen molar-refractivity contribution in [3.8, 4) is 6.07 Å². The van der Waals surface area contributed by atoms with Crippen LogP contribution < -0.4 is 4.90 Å². The van der Waals surface area contributed by atoms with Gasteiger partial charge in [0.15, 0.2) is 0 Å². The predicted molar refractivity (Wildman–Crippen MR) is 74.5 cm³/mol. The number of nitrogens with zero attached hydrogens (tertiary/aromatic N) is 2. The molecule has 2 fully saturated rings. The minimum Gasteiger partial charge on any atom is -0.393 e. The minimum atomic E-state index is -1.11. The monoisotopic (exact) mass is 296 g/mol. The van der Waals surface area contributed by atoms with E-state index in [1.54, 1.807) is 36.4 Å². The number of ether oxygens (including phenoxy) is 1. The van der Waals surface area contributed by atoms with Crippen LogP contribution in [0.1, 0.15) is 5.56 Å². The highest BCUT2D eigenvalue weighted by Gasteiger charge is 2.67. The summed E-state index contributed by atoms with van der Waals surface area (Å²) in [7, 11) is 0. The Morgan fingerprint density at radius 1 is 1.32 bits per heavy atom. The van der Waals surface area contributed by atoms with Crippen molar-refractivity contribution >= 4 is 17.5 Å². The van der Waals surface area contributed by atoms with Crippen LogP contribution in [0.5, 0.6) is 0 Å². The molecule has 0 unspecified atom stereocenters. The number of anilines is 1. The highest BCUT2D eigenvalue weighted by Crippen LogP contribution is 2.52. The molecule has 4 atom stereocenters. The largest absolute Gasteiger partial charge is 0.393 e. The van der Waals surface area contributed by atoms with Crippen molar-refractivity contribution in [2.24, 2.45) is 11.8 Å². The second-order valence-corrected chi connectivity index (χ2v) is 5.70. The predicted octanol–water partition coefficient (Wildman–Crippen LogP) is 0.364. The Kier molecular flexibility index (Phi) is 2.55. The van der Waals surface area contributed by atoms with Crippen LogP contribution in [0.4, 0.5) is 5.69 Å². The Morgan fingerprint density at radius 3 is 2.82 bits per heavy atom. The minimum absolute atomic E-state index is 0.267. The molecule has 0 aromatic heterocycles. The molecule has 110 valence electrons. The molecule has 3 aliphatic rings. The highest BCUT2D eigenvalue weighted by atomic mass is 16.5. The lowest BCUT2D eigenvalue weighted by atomic mass is 9.77. The second-order valence-electron chi connectivity index (χ2n) is 5.70. The second kappa shape index (κ2) is 4.26. The number of carbonyl (C=O) groups is 2. The number of amides is 2. The van der Waals surface area contributed by atoms with Gasteiger partial charge in [-0.25, -0.2) is 4.90 Å². The molecule has 0 radical (unpaired) electrons. The van der Waals surface area contributed by atoms with E-state index in [4.69, 9.17) is 4.74 Å². The molecule has 3 heterocycles. The van der Waals surface area contributed by atoms with Crippen LogP contribution >= 0.6 is 0 Å². The number of benzene rings is 1. The lowest BCUT2D eigenvalue weighted by Gasteiger charge is -2.26. The van der Waals surface area contributed by atoms with Gasteiger partial charge in [-0.05, 0) is 12.1 Å². The van der Waals surface area contributed by atoms with E-state index >= 15 is 0 Å². The maximum atomic E-state index is 12.8. The third-order valence-electron chi connectivity index (χ3n) is 4.67. The van der Waals surface area contributed by atoms with Gasteiger partial charge < -0.3 is 9.84 Å². The summed E-state index contributed by atoms with van der Waals surface area (Å²) in [6.45, 7) is -0.353. The van der Waals surface area contributed by atoms with Crippen LogP contribution in [0.2, 0.25) is 0 Å². The first-order valence-corrected chi connectivity index (χ1v) is 6.98. The molecule has 6 nitrogen and oxygen atoms in total. The highest BCUT2D eigenvalue weighted by molar-refractivity contribution is 6.23. The van der Waals surface area contributed by atoms with Crippen molar-refractivity contribution in [3.63, 3.8) is 0 Å². The Labute approximate surface area is 126 Å². The zero-order chi connectivity index (χ0) is 15.5. The smallest absolute Gasteiger partial charge is 0.241 e. The van der Waals surface area contributed by atoms with Crippen LogP contribution in [0, 0.1) is 23.2 Å². The lowest BCUT2D eigenvalue weighted by Crippen LogP contribution is -2.43. The van der Waals surface area contributed by atoms with Gasteiger partial charge in [0, 0.05) is 0 Å². The maximum Gasteiger partial charge on any atom is 0.241 e. The molecule has 2 bridgehead atoms. The summed E-state index contributed by atoms with van der Waals surface area (Å²) in [5, 5.41) is 18.8. The fourth-order valence-electron chi connectivity index (χ4n) is 3.68. The number of hydrogen-bond donors (Lipinski definition) is 1. The Balaban J connectivity index is 1.82. The summed E-state index contributed by atoms with van der Waals surface area (Å²) >= 11 is 0. The first kappa shape index (κ1) is 13.2. The standard InChI is InChI=1S/C16H12N2O4/c17-7-9-3-1-2-4-10(9)18-14(20)12-11-5-6-16(8-19,22-11)13(12)15(18)21/h1-6,11-13,19H,8H2/t11-,12-,13+,16+/m0/s1. The average Bonchev–Trinajstić information content (AvgIpc) is 3.18. The molecule has 2 amide bonds. The number of aliphatic hydroxyl groups is 1. The van der Waals surface area contributed by atoms with E-state index in [1.165, 1.54) is 0 Å². The number of para-hydroxylation sites is 1. The van der Waals surface area contributed by atoms with Crippen LogP contribution in [0.3, 0.4) is 0 Å². The number of fused-ring (bicyclic) bond motifs is 5. The van der Waals surface area contributed by atoms with Gasteiger partial charge in [-0.1, -0.05) is 24.3 Å². The van der Waals surface area contributed by atoms with Crippen molar-refractivity contribution in [2.75, 3.05) is 11.5 Å². The van der Waals surface area contributed by atoms with Gasteiger partial charge in [0.25, 0.3) is 0 Å². The third kappa shape index (κ3) is 1.39. The quantitative estimate of drug-likeness (QED) is 0.628. The van der Waals surface area contributed by atoms with Gasteiger partial charge in [0.1, 0.15) is 11.7 Å². The number of hydrogen-bond acceptors (Lipinski definition) is 5. The van der Waals surface area contributed by atoms with Gasteiger partial charge >= 0.3 is 0 Å². The van der Waals surface area contributed by atoms with E-state index in [0.29, 0.717) is 5.69 Å². The number of rotatable bonds is 2. The van der Waals surface area contributed by atoms with E-state index in [1.807, 2.05) is 6.07 Å². The zero-order valence-corrected chi connectivity index (χ0v) is 11.5. The summed E-state index contributed by atoms with van der Waals surface area (Å²) in [6.07, 6.45) is 2.90. The van der Waals surface area contributed by atoms with E-state index in [0.717, 1.165) is 4.90 Å². The van der Waals surface area contributed by atoms with Gasteiger partial charge in [-0.15, -0.1) is 0 Å². The average molecular weight is 296 g/mol. The summed E-state index contributed by atoms with van der Waals surface area (Å²) in [4.78, 5) is 26.6. The molecule has 0 spiro atoms. The van der Waals surface area contributed by atoms with Gasteiger partial charge in [0.2, 0.25) is 11.8 Å². The van der Waals surface area contributed by atoms with E-state index in [2.05, 4.69) is 0 Å². The molecule has 0 saturated carbocycles. The molecule has 1 aromatic rings. The van der Waals surface area contributed by atoms with Crippen LogP contribution in [-0.2, 0) is 14.3 Å².